The molecule has 6 heteroatoms. The molecule has 0 fully saturated rings. The van der Waals surface area contributed by atoms with E-state index in [9.17, 15) is 8.42 Å². The number of benzene rings is 1. The second-order valence-corrected chi connectivity index (χ2v) is 6.46. The van der Waals surface area contributed by atoms with E-state index in [2.05, 4.69) is 4.98 Å². The quantitative estimate of drug-likeness (QED) is 0.875. The molecule has 0 atom stereocenters. The molecule has 0 unspecified atom stereocenters. The van der Waals surface area contributed by atoms with Crippen molar-refractivity contribution in [2.45, 2.75) is 11.8 Å². The van der Waals surface area contributed by atoms with Gasteiger partial charge in [-0.15, -0.1) is 0 Å². The van der Waals surface area contributed by atoms with Crippen molar-refractivity contribution in [3.05, 3.63) is 53.3 Å². The molecule has 1 heterocycles. The molecule has 0 bridgehead atoms. The molecule has 0 saturated heterocycles. The summed E-state index contributed by atoms with van der Waals surface area (Å²) in [4.78, 5) is 3.81. The van der Waals surface area contributed by atoms with Crippen molar-refractivity contribution in [3.63, 3.8) is 0 Å². The highest BCUT2D eigenvalue weighted by atomic mass is 35.5. The highest BCUT2D eigenvalue weighted by Gasteiger charge is 2.24. The summed E-state index contributed by atoms with van der Waals surface area (Å²) in [6, 6.07) is 8.66. The lowest BCUT2D eigenvalue weighted by atomic mass is 10.2. The second kappa shape index (κ2) is 5.19. The maximum absolute atomic E-state index is 12.4. The molecule has 19 heavy (non-hydrogen) atoms. The number of rotatable bonds is 3. The molecule has 0 saturated carbocycles. The van der Waals surface area contributed by atoms with Gasteiger partial charge < -0.3 is 0 Å². The number of sulfonamides is 1. The Morgan fingerprint density at radius 2 is 1.79 bits per heavy atom. The molecule has 0 N–H and O–H groups in total. The fourth-order valence-electron chi connectivity index (χ4n) is 1.59. The average Bonchev–Trinajstić information content (AvgIpc) is 2.39. The average molecular weight is 297 g/mol. The monoisotopic (exact) mass is 296 g/mol. The van der Waals surface area contributed by atoms with Crippen LogP contribution < -0.4 is 4.31 Å². The first-order valence-corrected chi connectivity index (χ1v) is 7.40. The molecule has 0 amide bonds. The minimum atomic E-state index is -3.70. The summed E-state index contributed by atoms with van der Waals surface area (Å²) in [5.41, 5.74) is 1.64. The molecular formula is C13H13ClN2O2S. The minimum Gasteiger partial charge on any atom is -0.269 e. The topological polar surface area (TPSA) is 50.3 Å². The zero-order valence-electron chi connectivity index (χ0n) is 10.5. The summed E-state index contributed by atoms with van der Waals surface area (Å²) >= 11 is 5.92. The van der Waals surface area contributed by atoms with Crippen molar-refractivity contribution in [3.8, 4) is 0 Å². The van der Waals surface area contributed by atoms with Gasteiger partial charge >= 0.3 is 0 Å². The minimum absolute atomic E-state index is 0.000239. The van der Waals surface area contributed by atoms with E-state index in [0.29, 0.717) is 5.69 Å². The number of nitrogens with zero attached hydrogens (tertiary/aromatic N) is 2. The van der Waals surface area contributed by atoms with Crippen molar-refractivity contribution in [1.82, 2.24) is 4.98 Å². The zero-order valence-corrected chi connectivity index (χ0v) is 12.1. The Morgan fingerprint density at radius 3 is 2.37 bits per heavy atom. The van der Waals surface area contributed by atoms with Gasteiger partial charge in [0.15, 0.2) is 0 Å². The summed E-state index contributed by atoms with van der Waals surface area (Å²) < 4.78 is 26.1. The van der Waals surface area contributed by atoms with Crippen molar-refractivity contribution in [2.75, 3.05) is 11.4 Å². The third-order valence-corrected chi connectivity index (χ3v) is 5.02. The van der Waals surface area contributed by atoms with E-state index in [1.807, 2.05) is 19.1 Å². The fourth-order valence-corrected chi connectivity index (χ4v) is 3.19. The van der Waals surface area contributed by atoms with Gasteiger partial charge in [-0.2, -0.15) is 0 Å². The van der Waals surface area contributed by atoms with Crippen LogP contribution in [0.5, 0.6) is 0 Å². The number of hydrogen-bond acceptors (Lipinski definition) is 3. The van der Waals surface area contributed by atoms with Gasteiger partial charge in [-0.3, -0.25) is 9.29 Å². The van der Waals surface area contributed by atoms with Gasteiger partial charge in [0.25, 0.3) is 10.0 Å². The predicted octanol–water partition coefficient (Wildman–Crippen LogP) is 2.87. The van der Waals surface area contributed by atoms with Crippen LogP contribution >= 0.6 is 11.6 Å². The Hall–Kier alpha value is -1.59. The highest BCUT2D eigenvalue weighted by molar-refractivity contribution is 7.93. The van der Waals surface area contributed by atoms with Gasteiger partial charge in [0.05, 0.1) is 10.7 Å². The third kappa shape index (κ3) is 2.72. The first-order valence-electron chi connectivity index (χ1n) is 5.58. The van der Waals surface area contributed by atoms with Crippen LogP contribution in [0.1, 0.15) is 5.56 Å². The molecule has 0 aliphatic carbocycles. The van der Waals surface area contributed by atoms with Crippen molar-refractivity contribution < 1.29 is 8.42 Å². The van der Waals surface area contributed by atoms with E-state index in [4.69, 9.17) is 11.6 Å². The Labute approximate surface area is 117 Å². The Kier molecular flexibility index (Phi) is 3.78. The fraction of sp³-hybridized carbons (Fsp3) is 0.154. The number of halogens is 1. The van der Waals surface area contributed by atoms with Crippen LogP contribution in [0, 0.1) is 6.92 Å². The van der Waals surface area contributed by atoms with Crippen molar-refractivity contribution >= 4 is 27.3 Å². The van der Waals surface area contributed by atoms with Crippen molar-refractivity contribution in [2.24, 2.45) is 0 Å². The van der Waals surface area contributed by atoms with Gasteiger partial charge in [0.1, 0.15) is 4.90 Å². The van der Waals surface area contributed by atoms with E-state index in [-0.39, 0.29) is 9.92 Å². The van der Waals surface area contributed by atoms with Crippen LogP contribution in [-0.4, -0.2) is 20.4 Å². The smallest absolute Gasteiger partial charge is 0.267 e. The van der Waals surface area contributed by atoms with Crippen LogP contribution in [0.15, 0.2) is 47.6 Å². The van der Waals surface area contributed by atoms with E-state index < -0.39 is 10.0 Å². The molecule has 0 aliphatic rings. The SMILES string of the molecule is Cc1ccc(N(C)S(=O)(=O)c2cnccc2Cl)cc1. The van der Waals surface area contributed by atoms with Crippen LogP contribution in [0.25, 0.3) is 0 Å². The summed E-state index contributed by atoms with van der Waals surface area (Å²) in [6.45, 7) is 1.94. The largest absolute Gasteiger partial charge is 0.269 e. The number of hydrogen-bond donors (Lipinski definition) is 0. The Morgan fingerprint density at radius 1 is 1.16 bits per heavy atom. The first kappa shape index (κ1) is 13.8. The first-order chi connectivity index (χ1) is 8.93. The molecule has 2 rings (SSSR count). The van der Waals surface area contributed by atoms with E-state index >= 15 is 0 Å². The molecule has 1 aromatic carbocycles. The lowest BCUT2D eigenvalue weighted by Crippen LogP contribution is -2.26. The van der Waals surface area contributed by atoms with Gasteiger partial charge in [-0.25, -0.2) is 8.42 Å². The maximum Gasteiger partial charge on any atom is 0.267 e. The van der Waals surface area contributed by atoms with E-state index in [1.54, 1.807) is 12.1 Å². The van der Waals surface area contributed by atoms with Gasteiger partial charge in [0, 0.05) is 19.4 Å². The predicted molar refractivity (Wildman–Crippen MR) is 76.0 cm³/mol. The number of aromatic nitrogens is 1. The van der Waals surface area contributed by atoms with Crippen LogP contribution in [0.2, 0.25) is 5.02 Å². The summed E-state index contributed by atoms with van der Waals surface area (Å²) in [5, 5.41) is 0.161. The summed E-state index contributed by atoms with van der Waals surface area (Å²) in [5.74, 6) is 0. The molecule has 0 aliphatic heterocycles. The lowest BCUT2D eigenvalue weighted by Gasteiger charge is -2.20. The van der Waals surface area contributed by atoms with E-state index in [0.717, 1.165) is 5.56 Å². The van der Waals surface area contributed by atoms with Crippen LogP contribution in [0.4, 0.5) is 5.69 Å². The second-order valence-electron chi connectivity index (χ2n) is 4.11. The standard InChI is InChI=1S/C13H13ClN2O2S/c1-10-3-5-11(6-4-10)16(2)19(17,18)13-9-15-8-7-12(13)14/h3-9H,1-2H3. The lowest BCUT2D eigenvalue weighted by molar-refractivity contribution is 0.594. The number of pyridine rings is 1. The van der Waals surface area contributed by atoms with Gasteiger partial charge in [0.2, 0.25) is 0 Å². The zero-order chi connectivity index (χ0) is 14.0. The Balaban J connectivity index is 2.45. The molecule has 100 valence electrons. The summed E-state index contributed by atoms with van der Waals surface area (Å²) in [6.07, 6.45) is 2.70. The normalized spacial score (nSPS) is 11.3. The Bertz CT molecular complexity index is 684. The molecule has 1 aromatic heterocycles. The van der Waals surface area contributed by atoms with E-state index in [1.165, 1.54) is 29.8 Å². The molecule has 0 spiro atoms. The van der Waals surface area contributed by atoms with Gasteiger partial charge in [-0.1, -0.05) is 29.3 Å². The number of aryl methyl sites for hydroxylation is 1. The van der Waals surface area contributed by atoms with Gasteiger partial charge in [-0.05, 0) is 25.1 Å². The van der Waals surface area contributed by atoms with Crippen LogP contribution in [-0.2, 0) is 10.0 Å². The number of anilines is 1. The maximum atomic E-state index is 12.4. The molecule has 2 aromatic rings. The van der Waals surface area contributed by atoms with Crippen LogP contribution in [0.3, 0.4) is 0 Å². The molecule has 4 nitrogen and oxygen atoms in total. The summed E-state index contributed by atoms with van der Waals surface area (Å²) in [7, 11) is -2.21. The molecule has 0 radical (unpaired) electrons. The highest BCUT2D eigenvalue weighted by Crippen LogP contribution is 2.26. The van der Waals surface area contributed by atoms with Crippen molar-refractivity contribution in [1.29, 1.82) is 0 Å². The molecular weight excluding hydrogens is 284 g/mol. The third-order valence-electron chi connectivity index (χ3n) is 2.77.